The van der Waals surface area contributed by atoms with Crippen LogP contribution in [0.15, 0.2) is 60.7 Å². The quantitative estimate of drug-likeness (QED) is 0.883. The summed E-state index contributed by atoms with van der Waals surface area (Å²) in [6.07, 6.45) is 1.10. The Bertz CT molecular complexity index is 620. The van der Waals surface area contributed by atoms with E-state index < -0.39 is 0 Å². The van der Waals surface area contributed by atoms with Gasteiger partial charge in [-0.05, 0) is 24.1 Å². The number of nitrogens with one attached hydrogen (secondary N) is 1. The SMILES string of the molecule is N#CCCN(CCc1ccccc1)C(=O)Nc1ccccc1. The first kappa shape index (κ1) is 15.6. The number of hydrogen-bond acceptors (Lipinski definition) is 2. The number of benzene rings is 2. The molecule has 0 fully saturated rings. The molecule has 0 saturated heterocycles. The molecular weight excluding hydrogens is 274 g/mol. The monoisotopic (exact) mass is 293 g/mol. The van der Waals surface area contributed by atoms with E-state index in [4.69, 9.17) is 5.26 Å². The van der Waals surface area contributed by atoms with Gasteiger partial charge in [0.25, 0.3) is 0 Å². The van der Waals surface area contributed by atoms with Crippen molar-refractivity contribution in [3.8, 4) is 6.07 Å². The standard InChI is InChI=1S/C18H19N3O/c19-13-7-14-21(15-12-16-8-3-1-4-9-16)18(22)20-17-10-5-2-6-11-17/h1-6,8-11H,7,12,14-15H2,(H,20,22). The summed E-state index contributed by atoms with van der Waals surface area (Å²) in [6, 6.07) is 21.3. The van der Waals surface area contributed by atoms with Gasteiger partial charge in [0, 0.05) is 18.8 Å². The van der Waals surface area contributed by atoms with Gasteiger partial charge in [-0.1, -0.05) is 48.5 Å². The summed E-state index contributed by atoms with van der Waals surface area (Å²) < 4.78 is 0. The first-order valence-corrected chi connectivity index (χ1v) is 7.31. The lowest BCUT2D eigenvalue weighted by Crippen LogP contribution is -2.37. The van der Waals surface area contributed by atoms with Crippen LogP contribution in [-0.2, 0) is 6.42 Å². The van der Waals surface area contributed by atoms with E-state index in [0.29, 0.717) is 19.5 Å². The fourth-order valence-electron chi connectivity index (χ4n) is 2.13. The molecule has 2 amide bonds. The molecular formula is C18H19N3O. The van der Waals surface area contributed by atoms with Crippen LogP contribution in [0.3, 0.4) is 0 Å². The van der Waals surface area contributed by atoms with Gasteiger partial charge in [0.15, 0.2) is 0 Å². The molecule has 1 N–H and O–H groups in total. The van der Waals surface area contributed by atoms with E-state index in [1.807, 2.05) is 60.7 Å². The van der Waals surface area contributed by atoms with Crippen LogP contribution in [0.1, 0.15) is 12.0 Å². The number of anilines is 1. The number of nitrogens with zero attached hydrogens (tertiary/aromatic N) is 2. The Morgan fingerprint density at radius 2 is 1.64 bits per heavy atom. The van der Waals surface area contributed by atoms with Gasteiger partial charge < -0.3 is 10.2 Å². The van der Waals surface area contributed by atoms with Gasteiger partial charge >= 0.3 is 6.03 Å². The third-order valence-corrected chi connectivity index (χ3v) is 3.32. The highest BCUT2D eigenvalue weighted by Crippen LogP contribution is 2.08. The molecule has 2 aromatic carbocycles. The van der Waals surface area contributed by atoms with E-state index in [0.717, 1.165) is 12.1 Å². The second kappa shape index (κ2) is 8.48. The maximum atomic E-state index is 12.3. The molecule has 4 heteroatoms. The maximum Gasteiger partial charge on any atom is 0.321 e. The minimum absolute atomic E-state index is 0.169. The van der Waals surface area contributed by atoms with E-state index in [2.05, 4.69) is 11.4 Å². The zero-order valence-electron chi connectivity index (χ0n) is 12.4. The van der Waals surface area contributed by atoms with Crippen molar-refractivity contribution in [3.63, 3.8) is 0 Å². The second-order valence-electron chi connectivity index (χ2n) is 4.93. The van der Waals surface area contributed by atoms with Crippen molar-refractivity contribution in [2.45, 2.75) is 12.8 Å². The van der Waals surface area contributed by atoms with E-state index >= 15 is 0 Å². The van der Waals surface area contributed by atoms with Crippen LogP contribution in [0, 0.1) is 11.3 Å². The van der Waals surface area contributed by atoms with Gasteiger partial charge in [-0.25, -0.2) is 4.79 Å². The van der Waals surface area contributed by atoms with Gasteiger partial charge in [0.05, 0.1) is 12.5 Å². The largest absolute Gasteiger partial charge is 0.323 e. The molecule has 0 bridgehead atoms. The van der Waals surface area contributed by atoms with Crippen molar-refractivity contribution < 1.29 is 4.79 Å². The third kappa shape index (κ3) is 4.95. The molecule has 0 aliphatic carbocycles. The minimum Gasteiger partial charge on any atom is -0.323 e. The molecule has 0 aromatic heterocycles. The fraction of sp³-hybridized carbons (Fsp3) is 0.222. The van der Waals surface area contributed by atoms with Crippen molar-refractivity contribution in [1.29, 1.82) is 5.26 Å². The first-order valence-electron chi connectivity index (χ1n) is 7.31. The Labute approximate surface area is 131 Å². The minimum atomic E-state index is -0.169. The molecule has 0 spiro atoms. The highest BCUT2D eigenvalue weighted by atomic mass is 16.2. The Balaban J connectivity index is 1.96. The maximum absolute atomic E-state index is 12.3. The smallest absolute Gasteiger partial charge is 0.321 e. The Morgan fingerprint density at radius 3 is 2.27 bits per heavy atom. The predicted octanol–water partition coefficient (Wildman–Crippen LogP) is 3.68. The Kier molecular flexibility index (Phi) is 6.01. The molecule has 0 aliphatic heterocycles. The van der Waals surface area contributed by atoms with Crippen molar-refractivity contribution in [2.24, 2.45) is 0 Å². The van der Waals surface area contributed by atoms with Crippen molar-refractivity contribution in [2.75, 3.05) is 18.4 Å². The summed E-state index contributed by atoms with van der Waals surface area (Å²) in [5.74, 6) is 0. The molecule has 0 radical (unpaired) electrons. The third-order valence-electron chi connectivity index (χ3n) is 3.32. The average Bonchev–Trinajstić information content (AvgIpc) is 2.56. The fourth-order valence-corrected chi connectivity index (χ4v) is 2.13. The van der Waals surface area contributed by atoms with Crippen LogP contribution in [0.2, 0.25) is 0 Å². The number of carbonyl (C=O) groups excluding carboxylic acids is 1. The lowest BCUT2D eigenvalue weighted by Gasteiger charge is -2.22. The van der Waals surface area contributed by atoms with E-state index in [-0.39, 0.29) is 6.03 Å². The van der Waals surface area contributed by atoms with Gasteiger partial charge in [-0.2, -0.15) is 5.26 Å². The van der Waals surface area contributed by atoms with Crippen molar-refractivity contribution in [3.05, 3.63) is 66.2 Å². The Hall–Kier alpha value is -2.80. The van der Waals surface area contributed by atoms with Crippen LogP contribution in [-0.4, -0.2) is 24.0 Å². The van der Waals surface area contributed by atoms with E-state index in [1.165, 1.54) is 5.56 Å². The van der Waals surface area contributed by atoms with Gasteiger partial charge in [-0.15, -0.1) is 0 Å². The summed E-state index contributed by atoms with van der Waals surface area (Å²) in [7, 11) is 0. The molecule has 0 aliphatic rings. The highest BCUT2D eigenvalue weighted by Gasteiger charge is 2.13. The number of amides is 2. The summed E-state index contributed by atoms with van der Waals surface area (Å²) >= 11 is 0. The van der Waals surface area contributed by atoms with Gasteiger partial charge in [-0.3, -0.25) is 0 Å². The van der Waals surface area contributed by atoms with Gasteiger partial charge in [0.1, 0.15) is 0 Å². The lowest BCUT2D eigenvalue weighted by molar-refractivity contribution is 0.213. The van der Waals surface area contributed by atoms with E-state index in [1.54, 1.807) is 4.90 Å². The molecule has 2 rings (SSSR count). The van der Waals surface area contributed by atoms with Crippen molar-refractivity contribution in [1.82, 2.24) is 4.90 Å². The van der Waals surface area contributed by atoms with Crippen LogP contribution >= 0.6 is 0 Å². The zero-order chi connectivity index (χ0) is 15.6. The summed E-state index contributed by atoms with van der Waals surface area (Å²) in [5, 5.41) is 11.6. The molecule has 112 valence electrons. The number of rotatable bonds is 6. The summed E-state index contributed by atoms with van der Waals surface area (Å²) in [6.45, 7) is 1.02. The number of hydrogen-bond donors (Lipinski definition) is 1. The molecule has 2 aromatic rings. The normalized spacial score (nSPS) is 9.77. The van der Waals surface area contributed by atoms with Crippen molar-refractivity contribution >= 4 is 11.7 Å². The topological polar surface area (TPSA) is 56.1 Å². The zero-order valence-corrected chi connectivity index (χ0v) is 12.4. The van der Waals surface area contributed by atoms with Gasteiger partial charge in [0.2, 0.25) is 0 Å². The second-order valence-corrected chi connectivity index (χ2v) is 4.93. The first-order chi connectivity index (χ1) is 10.8. The molecule has 0 saturated carbocycles. The Morgan fingerprint density at radius 1 is 1.00 bits per heavy atom. The highest BCUT2D eigenvalue weighted by molar-refractivity contribution is 5.89. The summed E-state index contributed by atoms with van der Waals surface area (Å²) in [5.41, 5.74) is 1.94. The molecule has 22 heavy (non-hydrogen) atoms. The molecule has 0 atom stereocenters. The van der Waals surface area contributed by atoms with Crippen LogP contribution in [0.25, 0.3) is 0 Å². The average molecular weight is 293 g/mol. The molecule has 0 unspecified atom stereocenters. The number of carbonyl (C=O) groups is 1. The predicted molar refractivity (Wildman–Crippen MR) is 87.4 cm³/mol. The molecule has 0 heterocycles. The molecule has 4 nitrogen and oxygen atoms in total. The number of urea groups is 1. The number of para-hydroxylation sites is 1. The van der Waals surface area contributed by atoms with E-state index in [9.17, 15) is 4.79 Å². The number of nitriles is 1. The van der Waals surface area contributed by atoms with Crippen LogP contribution in [0.5, 0.6) is 0 Å². The van der Waals surface area contributed by atoms with Crippen LogP contribution in [0.4, 0.5) is 10.5 Å². The summed E-state index contributed by atoms with van der Waals surface area (Å²) in [4.78, 5) is 14.0. The van der Waals surface area contributed by atoms with Crippen LogP contribution < -0.4 is 5.32 Å². The lowest BCUT2D eigenvalue weighted by atomic mass is 10.1.